The Morgan fingerprint density at radius 1 is 0.750 bits per heavy atom. The van der Waals surface area contributed by atoms with E-state index < -0.39 is 18.2 Å². The number of thiophene rings is 3. The van der Waals surface area contributed by atoms with Crippen LogP contribution in [0.4, 0.5) is 0 Å². The molecule has 5 aliphatic rings. The predicted molar refractivity (Wildman–Crippen MR) is 304 cm³/mol. The Morgan fingerprint density at radius 3 is 1.57 bits per heavy atom. The predicted octanol–water partition coefficient (Wildman–Crippen LogP) is 13.0. The molecule has 4 atom stereocenters. The molecule has 3 aromatic heterocycles. The van der Waals surface area contributed by atoms with Crippen molar-refractivity contribution in [1.29, 1.82) is 1.28 Å². The maximum Gasteiger partial charge on any atom is 1.00 e. The van der Waals surface area contributed by atoms with Crippen molar-refractivity contribution in [3.05, 3.63) is 176 Å². The topological polar surface area (TPSA) is 112 Å². The van der Waals surface area contributed by atoms with Crippen molar-refractivity contribution >= 4 is 125 Å². The molecule has 5 fully saturated rings. The molecule has 0 radical (unpaired) electrons. The first kappa shape index (κ1) is 60.0. The normalized spacial score (nSPS) is 18.1. The Hall–Kier alpha value is -1.24. The van der Waals surface area contributed by atoms with Gasteiger partial charge in [0.25, 0.3) is 0 Å². The molecule has 2 N–H and O–H groups in total. The van der Waals surface area contributed by atoms with Gasteiger partial charge < -0.3 is 36.1 Å². The van der Waals surface area contributed by atoms with E-state index in [1.807, 2.05) is 76.8 Å². The maximum atomic E-state index is 11.5. The van der Waals surface area contributed by atoms with Crippen molar-refractivity contribution < 1.29 is 57.6 Å². The summed E-state index contributed by atoms with van der Waals surface area (Å²) in [5, 5.41) is 30.4. The number of ether oxygens (including phenoxy) is 4. The Labute approximate surface area is 481 Å². The Bertz CT molecular complexity index is 2690. The van der Waals surface area contributed by atoms with E-state index in [-0.39, 0.29) is 55.0 Å². The zero-order valence-corrected chi connectivity index (χ0v) is 49.2. The van der Waals surface area contributed by atoms with Gasteiger partial charge in [-0.2, -0.15) is 6.42 Å². The van der Waals surface area contributed by atoms with Crippen LogP contribution in [0.1, 0.15) is 123 Å². The van der Waals surface area contributed by atoms with Gasteiger partial charge in [-0.3, -0.25) is 9.59 Å². The molecule has 2 saturated heterocycles. The van der Waals surface area contributed by atoms with E-state index in [4.69, 9.17) is 55.0 Å². The van der Waals surface area contributed by atoms with Gasteiger partial charge in [0, 0.05) is 36.4 Å². The minimum atomic E-state index is -1.03. The van der Waals surface area contributed by atoms with E-state index in [1.165, 1.54) is 17.8 Å². The monoisotopic (exact) mass is 1210 g/mol. The molecule has 72 heavy (non-hydrogen) atoms. The number of aliphatic hydroxyl groups is 2. The summed E-state index contributed by atoms with van der Waals surface area (Å²) in [6, 6.07) is 27.8. The van der Waals surface area contributed by atoms with Gasteiger partial charge in [0.15, 0.2) is 43.4 Å². The van der Waals surface area contributed by atoms with E-state index in [9.17, 15) is 19.8 Å². The first-order valence-corrected chi connectivity index (χ1v) is 31.3. The molecule has 380 valence electrons. The minimum absolute atomic E-state index is 0. The van der Waals surface area contributed by atoms with Gasteiger partial charge >= 0.3 is 20.1 Å². The van der Waals surface area contributed by atoms with Gasteiger partial charge in [-0.05, 0) is 154 Å². The molecule has 2 aliphatic heterocycles. The zero-order chi connectivity index (χ0) is 51.8. The third-order valence-electron chi connectivity index (χ3n) is 11.8. The standard InChI is InChI=1S/C17H17ClO3S.C15H13ClO2S.C10H9ClO.C7H7BrO2S.C4H9.Li.H2P2S/c18-14-3-1-2-12(8-14)17(19,11-4-5-11)13-9-15(22-10-13)16-20-6-7-21-16;16-13-3-1-2-11(6-13)15(18,10-4-5-10)12-7-14(8-17)19-9-12;11-9-3-1-2-8(6-9)10(12)7-4-5-7;8-5-3-6(11-4-5)7-9-1-2-10-7;1-3-4-2;;1-2-3/h1-3,8-11,16,19H,4-7H2;1-3,6-10,18H,4-5H2;1-3,6-7H,4-5H2;3-4,7H,1-2H2;1,3-4H2,2H3;;1H2/q;;;;-1;+1;/p+1/i/hT. The Balaban J connectivity index is 0.000000176. The number of benzene rings is 3. The SMILES string of the molecule is Brc1csc(C2OCCO2)c1.O=C(c1cccc(Cl)c1)C1CC1.O=Cc1cc(C(O)(c2cccc(Cl)c2)C2CC2)cs1.OC(c1cccc(Cl)c1)(c1csc(C2OCCO2)c1)C1CC1.[3H][P+](P)=S.[CH2-]CCC.[Li+]. The number of carbonyl (C=O) groups excluding carboxylic acids is 2. The number of halogens is 4. The van der Waals surface area contributed by atoms with E-state index in [1.54, 1.807) is 53.0 Å². The molecule has 6 aromatic rings. The fourth-order valence-corrected chi connectivity index (χ4v) is 11.5. The summed E-state index contributed by atoms with van der Waals surface area (Å²) in [5.41, 5.74) is 2.13. The average molecular weight is 1210 g/mol. The first-order valence-electron chi connectivity index (χ1n) is 23.6. The fourth-order valence-electron chi connectivity index (χ4n) is 7.74. The van der Waals surface area contributed by atoms with Crippen molar-refractivity contribution in [1.82, 2.24) is 0 Å². The second kappa shape index (κ2) is 30.6. The number of hydrogen-bond donors (Lipinski definition) is 2. The van der Waals surface area contributed by atoms with Crippen molar-refractivity contribution in [3.63, 3.8) is 0 Å². The molecular formula is C53H58BrCl3LiO8P2S4+. The van der Waals surface area contributed by atoms with E-state index >= 15 is 0 Å². The smallest absolute Gasteiger partial charge is 0.380 e. The molecule has 5 heterocycles. The van der Waals surface area contributed by atoms with Crippen molar-refractivity contribution in [2.45, 2.75) is 82.1 Å². The molecule has 0 spiro atoms. The molecule has 3 aliphatic carbocycles. The Morgan fingerprint density at radius 2 is 1.18 bits per heavy atom. The first-order chi connectivity index (χ1) is 34.6. The van der Waals surface area contributed by atoms with Crippen LogP contribution in [0.15, 0.2) is 112 Å². The summed E-state index contributed by atoms with van der Waals surface area (Å²) >= 11 is 30.2. The molecule has 0 amide bonds. The van der Waals surface area contributed by atoms with Gasteiger partial charge in [-0.25, -0.2) is 0 Å². The average Bonchev–Trinajstić information content (AvgIpc) is 4.31. The van der Waals surface area contributed by atoms with Crippen LogP contribution in [0, 0.1) is 24.7 Å². The van der Waals surface area contributed by atoms with Crippen molar-refractivity contribution in [2.24, 2.45) is 17.8 Å². The number of hydrogen-bond acceptors (Lipinski definition) is 12. The fraction of sp³-hybridized carbons (Fsp3) is 0.377. The van der Waals surface area contributed by atoms with Gasteiger partial charge in [-0.15, -0.1) is 34.0 Å². The third-order valence-corrected chi connectivity index (χ3v) is 16.0. The van der Waals surface area contributed by atoms with Crippen LogP contribution in [0.3, 0.4) is 0 Å². The molecule has 8 nitrogen and oxygen atoms in total. The summed E-state index contributed by atoms with van der Waals surface area (Å²) in [6.45, 7) is 7.52. The largest absolute Gasteiger partial charge is 1.00 e. The quantitative estimate of drug-likeness (QED) is 0.0407. The molecular weight excluding hydrogens is 1150 g/mol. The maximum absolute atomic E-state index is 11.5. The van der Waals surface area contributed by atoms with Crippen LogP contribution >= 0.6 is 101 Å². The van der Waals surface area contributed by atoms with E-state index in [2.05, 4.69) is 50.5 Å². The van der Waals surface area contributed by atoms with Crippen LogP contribution < -0.4 is 18.9 Å². The third kappa shape index (κ3) is 17.6. The van der Waals surface area contributed by atoms with Crippen molar-refractivity contribution in [2.75, 3.05) is 26.4 Å². The molecule has 19 heteroatoms. The number of Topliss-reactive ketones (excluding diaryl/α,β-unsaturated/α-hetero) is 1. The van der Waals surface area contributed by atoms with Gasteiger partial charge in [-0.1, -0.05) is 84.5 Å². The van der Waals surface area contributed by atoms with Crippen LogP contribution in [0.2, 0.25) is 15.1 Å². The second-order valence-electron chi connectivity index (χ2n) is 17.1. The molecule has 11 rings (SSSR count). The van der Waals surface area contributed by atoms with Gasteiger partial charge in [0.1, 0.15) is 11.2 Å². The molecule has 3 saturated carbocycles. The van der Waals surface area contributed by atoms with Gasteiger partial charge in [0.2, 0.25) is 0 Å². The zero-order valence-electron chi connectivity index (χ0n) is 41.1. The summed E-state index contributed by atoms with van der Waals surface area (Å²) in [4.78, 5) is 25.1. The Kier molecular flexibility index (Phi) is 25.5. The van der Waals surface area contributed by atoms with Crippen LogP contribution in [0.5, 0.6) is 0 Å². The summed E-state index contributed by atoms with van der Waals surface area (Å²) in [5.74, 6) is 0.986. The number of carbonyl (C=O) groups is 2. The summed E-state index contributed by atoms with van der Waals surface area (Å²) in [7, 11) is 2.20. The minimum Gasteiger partial charge on any atom is -0.380 e. The summed E-state index contributed by atoms with van der Waals surface area (Å²) in [6.07, 6.45) is 8.84. The van der Waals surface area contributed by atoms with Crippen LogP contribution in [-0.4, -0.2) is 50.0 Å². The van der Waals surface area contributed by atoms with E-state index in [0.29, 0.717) is 46.4 Å². The number of rotatable bonds is 12. The van der Waals surface area contributed by atoms with Crippen molar-refractivity contribution in [3.8, 4) is 0 Å². The van der Waals surface area contributed by atoms with Gasteiger partial charge in [0.05, 0.1) is 50.0 Å². The van der Waals surface area contributed by atoms with Crippen LogP contribution in [0.25, 0.3) is 0 Å². The number of aldehydes is 1. The molecule has 4 unspecified atom stereocenters. The number of unbranched alkanes of at least 4 members (excludes halogenated alkanes) is 1. The number of ketones is 1. The molecule has 3 aromatic carbocycles. The van der Waals surface area contributed by atoms with E-state index in [0.717, 1.165) is 93.3 Å². The van der Waals surface area contributed by atoms with Crippen LogP contribution in [-0.2, 0) is 42.0 Å². The second-order valence-corrected chi connectivity index (χ2v) is 24.9. The summed E-state index contributed by atoms with van der Waals surface area (Å²) < 4.78 is 29.3. The molecule has 0 bridgehead atoms.